The van der Waals surface area contributed by atoms with Crippen molar-refractivity contribution >= 4 is 29.2 Å². The van der Waals surface area contributed by atoms with Crippen LogP contribution in [0.2, 0.25) is 0 Å². The summed E-state index contributed by atoms with van der Waals surface area (Å²) in [4.78, 5) is 38.4. The van der Waals surface area contributed by atoms with Crippen LogP contribution in [0.4, 0.5) is 4.79 Å². The normalized spacial score (nSPS) is 20.2. The second-order valence-electron chi connectivity index (χ2n) is 5.61. The second-order valence-corrected chi connectivity index (χ2v) is 6.56. The highest BCUT2D eigenvalue weighted by atomic mass is 32.1. The molecule has 1 saturated heterocycles. The molecule has 0 spiro atoms. The molecule has 0 radical (unpaired) electrons. The monoisotopic (exact) mass is 344 g/mol. The van der Waals surface area contributed by atoms with Gasteiger partial charge >= 0.3 is 12.0 Å². The molecule has 24 heavy (non-hydrogen) atoms. The number of rotatable bonds is 4. The molecule has 3 rings (SSSR count). The minimum absolute atomic E-state index is 0.146. The van der Waals surface area contributed by atoms with Crippen molar-refractivity contribution in [3.8, 4) is 0 Å². The Hall–Kier alpha value is -2.67. The van der Waals surface area contributed by atoms with Gasteiger partial charge in [-0.3, -0.25) is 9.69 Å². The smallest absolute Gasteiger partial charge is 0.337 e. The van der Waals surface area contributed by atoms with Crippen LogP contribution in [0.1, 0.15) is 27.7 Å². The Kier molecular flexibility index (Phi) is 4.11. The van der Waals surface area contributed by atoms with Crippen LogP contribution in [0.5, 0.6) is 0 Å². The van der Waals surface area contributed by atoms with Crippen LogP contribution in [0.15, 0.2) is 41.8 Å². The van der Waals surface area contributed by atoms with Gasteiger partial charge in [-0.15, -0.1) is 11.3 Å². The predicted octanol–water partition coefficient (Wildman–Crippen LogP) is 2.50. The SMILES string of the molecule is COC(=O)c1ccc(CN2C(=O)N[C@@](C)(c3cccs3)C2=O)cc1. The third-order valence-electron chi connectivity index (χ3n) is 4.00. The number of benzene rings is 1. The van der Waals surface area contributed by atoms with Gasteiger partial charge in [0, 0.05) is 4.88 Å². The highest BCUT2D eigenvalue weighted by molar-refractivity contribution is 7.10. The zero-order valence-corrected chi connectivity index (χ0v) is 14.1. The number of esters is 1. The fourth-order valence-corrected chi connectivity index (χ4v) is 3.45. The van der Waals surface area contributed by atoms with Crippen LogP contribution < -0.4 is 5.32 Å². The summed E-state index contributed by atoms with van der Waals surface area (Å²) in [5, 5.41) is 4.63. The van der Waals surface area contributed by atoms with Crippen molar-refractivity contribution in [3.05, 3.63) is 57.8 Å². The van der Waals surface area contributed by atoms with Crippen molar-refractivity contribution < 1.29 is 19.1 Å². The number of methoxy groups -OCH3 is 1. The number of thiophene rings is 1. The summed E-state index contributed by atoms with van der Waals surface area (Å²) in [6.07, 6.45) is 0. The molecule has 1 fully saturated rings. The summed E-state index contributed by atoms with van der Waals surface area (Å²) in [7, 11) is 1.31. The summed E-state index contributed by atoms with van der Waals surface area (Å²) in [6.45, 7) is 1.85. The van der Waals surface area contributed by atoms with E-state index in [-0.39, 0.29) is 12.5 Å². The van der Waals surface area contributed by atoms with Crippen LogP contribution in [0.25, 0.3) is 0 Å². The maximum atomic E-state index is 12.7. The van der Waals surface area contributed by atoms with Crippen LogP contribution in [-0.2, 0) is 21.6 Å². The van der Waals surface area contributed by atoms with Crippen molar-refractivity contribution in [1.29, 1.82) is 0 Å². The molecule has 1 atom stereocenters. The van der Waals surface area contributed by atoms with Crippen molar-refractivity contribution in [2.75, 3.05) is 7.11 Å². The average molecular weight is 344 g/mol. The van der Waals surface area contributed by atoms with Gasteiger partial charge in [-0.25, -0.2) is 9.59 Å². The quantitative estimate of drug-likeness (QED) is 0.683. The van der Waals surface area contributed by atoms with E-state index in [0.717, 1.165) is 10.4 Å². The molecule has 3 amide bonds. The Morgan fingerprint density at radius 1 is 1.25 bits per heavy atom. The molecule has 0 bridgehead atoms. The number of carbonyl (C=O) groups excluding carboxylic acids is 3. The first-order chi connectivity index (χ1) is 11.5. The molecule has 2 heterocycles. The number of urea groups is 1. The van der Waals surface area contributed by atoms with E-state index in [1.807, 2.05) is 17.5 Å². The van der Waals surface area contributed by atoms with Gasteiger partial charge in [0.25, 0.3) is 5.91 Å². The van der Waals surface area contributed by atoms with E-state index in [4.69, 9.17) is 0 Å². The maximum absolute atomic E-state index is 12.7. The van der Waals surface area contributed by atoms with E-state index in [2.05, 4.69) is 10.1 Å². The molecule has 1 aliphatic rings. The van der Waals surface area contributed by atoms with Gasteiger partial charge < -0.3 is 10.1 Å². The molecule has 1 aromatic heterocycles. The first kappa shape index (κ1) is 16.2. The summed E-state index contributed by atoms with van der Waals surface area (Å²) in [5.74, 6) is -0.714. The van der Waals surface area contributed by atoms with Crippen LogP contribution in [-0.4, -0.2) is 29.9 Å². The zero-order chi connectivity index (χ0) is 17.3. The lowest BCUT2D eigenvalue weighted by molar-refractivity contribution is -0.131. The molecule has 6 nitrogen and oxygen atoms in total. The average Bonchev–Trinajstić information content (AvgIpc) is 3.19. The number of imide groups is 1. The van der Waals surface area contributed by atoms with Crippen LogP contribution in [0.3, 0.4) is 0 Å². The van der Waals surface area contributed by atoms with Gasteiger partial charge in [-0.1, -0.05) is 18.2 Å². The van der Waals surface area contributed by atoms with Gasteiger partial charge in [0.1, 0.15) is 0 Å². The third kappa shape index (κ3) is 2.67. The summed E-state index contributed by atoms with van der Waals surface area (Å²) in [5.41, 5.74) is 0.139. The summed E-state index contributed by atoms with van der Waals surface area (Å²) >= 11 is 1.43. The molecule has 1 aliphatic heterocycles. The first-order valence-electron chi connectivity index (χ1n) is 7.31. The lowest BCUT2D eigenvalue weighted by atomic mass is 10.0. The molecular weight excluding hydrogens is 328 g/mol. The van der Waals surface area contributed by atoms with Crippen molar-refractivity contribution in [1.82, 2.24) is 10.2 Å². The summed E-state index contributed by atoms with van der Waals surface area (Å²) < 4.78 is 4.65. The second kappa shape index (κ2) is 6.09. The van der Waals surface area contributed by atoms with E-state index in [9.17, 15) is 14.4 Å². The minimum Gasteiger partial charge on any atom is -0.465 e. The molecular formula is C17H16N2O4S. The predicted molar refractivity (Wildman–Crippen MR) is 88.5 cm³/mol. The van der Waals surface area contributed by atoms with Crippen molar-refractivity contribution in [3.63, 3.8) is 0 Å². The molecule has 0 saturated carbocycles. The Balaban J connectivity index is 1.79. The Bertz CT molecular complexity index is 785. The Morgan fingerprint density at radius 2 is 1.96 bits per heavy atom. The molecule has 2 aromatic rings. The lowest BCUT2D eigenvalue weighted by Gasteiger charge is -2.20. The number of nitrogens with one attached hydrogen (secondary N) is 1. The molecule has 1 N–H and O–H groups in total. The number of nitrogens with zero attached hydrogens (tertiary/aromatic N) is 1. The maximum Gasteiger partial charge on any atom is 0.337 e. The van der Waals surface area contributed by atoms with Gasteiger partial charge in [0.2, 0.25) is 0 Å². The number of ether oxygens (including phenoxy) is 1. The van der Waals surface area contributed by atoms with Gasteiger partial charge in [-0.05, 0) is 36.1 Å². The molecule has 0 unspecified atom stereocenters. The van der Waals surface area contributed by atoms with Gasteiger partial charge in [0.15, 0.2) is 5.54 Å². The van der Waals surface area contributed by atoms with Gasteiger partial charge in [-0.2, -0.15) is 0 Å². The van der Waals surface area contributed by atoms with Crippen molar-refractivity contribution in [2.45, 2.75) is 19.0 Å². The fourth-order valence-electron chi connectivity index (χ4n) is 2.62. The van der Waals surface area contributed by atoms with Gasteiger partial charge in [0.05, 0.1) is 19.2 Å². The standard InChI is InChI=1S/C17H16N2O4S/c1-17(13-4-3-9-24-13)15(21)19(16(22)18-17)10-11-5-7-12(8-6-11)14(20)23-2/h3-9H,10H2,1-2H3,(H,18,22)/t17-/m0/s1. The molecule has 124 valence electrons. The number of hydrogen-bond acceptors (Lipinski definition) is 5. The van der Waals surface area contributed by atoms with Crippen LogP contribution in [0, 0.1) is 0 Å². The molecule has 0 aliphatic carbocycles. The van der Waals surface area contributed by atoms with E-state index in [1.165, 1.54) is 23.3 Å². The minimum atomic E-state index is -1.03. The zero-order valence-electron chi connectivity index (χ0n) is 13.2. The van der Waals surface area contributed by atoms with E-state index >= 15 is 0 Å². The highest BCUT2D eigenvalue weighted by Crippen LogP contribution is 2.32. The topological polar surface area (TPSA) is 75.7 Å². The summed E-state index contributed by atoms with van der Waals surface area (Å²) in [6, 6.07) is 9.88. The van der Waals surface area contributed by atoms with E-state index in [0.29, 0.717) is 5.56 Å². The Morgan fingerprint density at radius 3 is 2.54 bits per heavy atom. The molecule has 7 heteroatoms. The number of amides is 3. The molecule has 1 aromatic carbocycles. The number of hydrogen-bond donors (Lipinski definition) is 1. The first-order valence-corrected chi connectivity index (χ1v) is 8.19. The van der Waals surface area contributed by atoms with E-state index in [1.54, 1.807) is 31.2 Å². The fraction of sp³-hybridized carbons (Fsp3) is 0.235. The largest absolute Gasteiger partial charge is 0.465 e. The number of carbonyl (C=O) groups is 3. The third-order valence-corrected chi connectivity index (χ3v) is 5.10. The van der Waals surface area contributed by atoms with Crippen LogP contribution >= 0.6 is 11.3 Å². The lowest BCUT2D eigenvalue weighted by Crippen LogP contribution is -2.40. The van der Waals surface area contributed by atoms with E-state index < -0.39 is 17.5 Å². The Labute approximate surface area is 143 Å². The highest BCUT2D eigenvalue weighted by Gasteiger charge is 2.49. The van der Waals surface area contributed by atoms with Crippen molar-refractivity contribution in [2.24, 2.45) is 0 Å².